The average molecular weight is 491 g/mol. The molecular weight excluding hydrogens is 448 g/mol. The fourth-order valence-electron chi connectivity index (χ4n) is 8.96. The van der Waals surface area contributed by atoms with E-state index >= 15 is 0 Å². The molecule has 4 aliphatic rings. The maximum atomic E-state index is 2.63. The van der Waals surface area contributed by atoms with Crippen LogP contribution in [-0.2, 0) is 0 Å². The van der Waals surface area contributed by atoms with Crippen molar-refractivity contribution in [1.82, 2.24) is 0 Å². The fourth-order valence-corrected chi connectivity index (χ4v) is 16.3. The Balaban J connectivity index is 1.57. The quantitative estimate of drug-likeness (QED) is 0.345. The third-order valence-electron chi connectivity index (χ3n) is 10.4. The molecule has 8 unspecified atom stereocenters. The highest BCUT2D eigenvalue weighted by Gasteiger charge is 2.61. The second-order valence-electron chi connectivity index (χ2n) is 12.0. The molecule has 0 nitrogen and oxygen atoms in total. The molecule has 0 amide bonds. The molecule has 8 atom stereocenters. The van der Waals surface area contributed by atoms with E-state index in [0.717, 1.165) is 22.9 Å². The molecule has 0 N–H and O–H groups in total. The van der Waals surface area contributed by atoms with Crippen molar-refractivity contribution < 1.29 is 0 Å². The van der Waals surface area contributed by atoms with Gasteiger partial charge in [0.05, 0.1) is 0 Å². The van der Waals surface area contributed by atoms with E-state index in [1.165, 1.54) is 32.1 Å². The molecule has 2 saturated carbocycles. The highest BCUT2D eigenvalue weighted by molar-refractivity contribution is 7.04. The van der Waals surface area contributed by atoms with Crippen LogP contribution in [0, 0.1) is 35.5 Å². The number of benzene rings is 2. The van der Waals surface area contributed by atoms with Crippen LogP contribution in [0.4, 0.5) is 0 Å². The van der Waals surface area contributed by atoms with Crippen molar-refractivity contribution in [3.05, 3.63) is 109 Å². The van der Waals surface area contributed by atoms with Crippen molar-refractivity contribution in [3.63, 3.8) is 0 Å². The summed E-state index contributed by atoms with van der Waals surface area (Å²) in [5, 5.41) is 3.36. The number of allylic oxidation sites excluding steroid dienone is 8. The summed E-state index contributed by atoms with van der Waals surface area (Å²) >= 11 is 0. The Morgan fingerprint density at radius 2 is 1.14 bits per heavy atom. The fraction of sp³-hybridized carbons (Fsp3) is 0.429. The minimum atomic E-state index is -2.19. The second kappa shape index (κ2) is 10.2. The Hall–Kier alpha value is -2.38. The van der Waals surface area contributed by atoms with E-state index in [0.29, 0.717) is 23.7 Å². The van der Waals surface area contributed by atoms with Crippen LogP contribution in [0.2, 0.25) is 11.1 Å². The van der Waals surface area contributed by atoms with Crippen LogP contribution in [-0.4, -0.2) is 8.07 Å². The molecule has 2 aromatic carbocycles. The number of hydrogen-bond acceptors (Lipinski definition) is 0. The SMILES string of the molecule is CCCCC1CC([Si](c2ccccc2)(c2ccccc2)C2CC(C)C3C=CC=CC32)C2C=CC=CC12. The number of fused-ring (bicyclic) bond motifs is 2. The van der Waals surface area contributed by atoms with Gasteiger partial charge in [-0.15, -0.1) is 0 Å². The van der Waals surface area contributed by atoms with Gasteiger partial charge in [-0.25, -0.2) is 0 Å². The Morgan fingerprint density at radius 1 is 0.639 bits per heavy atom. The van der Waals surface area contributed by atoms with E-state index < -0.39 is 8.07 Å². The van der Waals surface area contributed by atoms with E-state index in [4.69, 9.17) is 0 Å². The van der Waals surface area contributed by atoms with Gasteiger partial charge in [0.2, 0.25) is 0 Å². The first-order valence-corrected chi connectivity index (χ1v) is 16.7. The predicted octanol–water partition coefficient (Wildman–Crippen LogP) is 7.96. The summed E-state index contributed by atoms with van der Waals surface area (Å²) in [6.07, 6.45) is 26.5. The molecular formula is C35H42Si. The van der Waals surface area contributed by atoms with Gasteiger partial charge in [-0.1, -0.05) is 146 Å². The van der Waals surface area contributed by atoms with Crippen LogP contribution in [0.5, 0.6) is 0 Å². The number of hydrogen-bond donors (Lipinski definition) is 0. The van der Waals surface area contributed by atoms with Crippen molar-refractivity contribution in [1.29, 1.82) is 0 Å². The number of unbranched alkanes of at least 4 members (excludes halogenated alkanes) is 1. The molecule has 0 aliphatic heterocycles. The highest BCUT2D eigenvalue weighted by Crippen LogP contribution is 2.61. The Labute approximate surface area is 219 Å². The van der Waals surface area contributed by atoms with Gasteiger partial charge in [-0.2, -0.15) is 0 Å². The van der Waals surface area contributed by atoms with Gasteiger partial charge in [0.15, 0.2) is 0 Å². The van der Waals surface area contributed by atoms with E-state index in [9.17, 15) is 0 Å². The molecule has 2 aromatic rings. The summed E-state index contributed by atoms with van der Waals surface area (Å²) in [4.78, 5) is 0. The van der Waals surface area contributed by atoms with E-state index in [1.54, 1.807) is 10.4 Å². The van der Waals surface area contributed by atoms with Crippen LogP contribution in [0.1, 0.15) is 46.0 Å². The van der Waals surface area contributed by atoms with Crippen molar-refractivity contribution in [3.8, 4) is 0 Å². The first-order chi connectivity index (χ1) is 17.7. The predicted molar refractivity (Wildman–Crippen MR) is 157 cm³/mol. The average Bonchev–Trinajstić information content (AvgIpc) is 3.48. The lowest BCUT2D eigenvalue weighted by Gasteiger charge is -2.48. The monoisotopic (exact) mass is 490 g/mol. The maximum absolute atomic E-state index is 2.63. The van der Waals surface area contributed by atoms with Gasteiger partial charge in [-0.05, 0) is 65.9 Å². The van der Waals surface area contributed by atoms with Gasteiger partial charge in [-0.3, -0.25) is 0 Å². The van der Waals surface area contributed by atoms with Crippen molar-refractivity contribution in [2.75, 3.05) is 0 Å². The Morgan fingerprint density at radius 3 is 1.72 bits per heavy atom. The summed E-state index contributed by atoms with van der Waals surface area (Å²) in [5.41, 5.74) is 1.48. The number of rotatable bonds is 7. The summed E-state index contributed by atoms with van der Waals surface area (Å²) in [7, 11) is -2.19. The topological polar surface area (TPSA) is 0 Å². The van der Waals surface area contributed by atoms with Crippen molar-refractivity contribution in [2.24, 2.45) is 35.5 Å². The van der Waals surface area contributed by atoms with Crippen LogP contribution >= 0.6 is 0 Å². The smallest absolute Gasteiger partial charge is 0.0808 e. The lowest BCUT2D eigenvalue weighted by Crippen LogP contribution is -2.66. The molecule has 186 valence electrons. The minimum absolute atomic E-state index is 0.660. The van der Waals surface area contributed by atoms with E-state index in [1.807, 2.05) is 0 Å². The first kappa shape index (κ1) is 24.0. The third kappa shape index (κ3) is 3.86. The van der Waals surface area contributed by atoms with E-state index in [2.05, 4.69) is 123 Å². The first-order valence-electron chi connectivity index (χ1n) is 14.6. The van der Waals surface area contributed by atoms with Crippen LogP contribution < -0.4 is 10.4 Å². The van der Waals surface area contributed by atoms with Crippen LogP contribution in [0.25, 0.3) is 0 Å². The largest absolute Gasteiger partial charge is 0.125 e. The molecule has 0 saturated heterocycles. The lowest BCUT2D eigenvalue weighted by molar-refractivity contribution is 0.383. The van der Waals surface area contributed by atoms with Gasteiger partial charge >= 0.3 is 0 Å². The van der Waals surface area contributed by atoms with Gasteiger partial charge in [0.1, 0.15) is 8.07 Å². The molecule has 4 aliphatic carbocycles. The summed E-state index contributed by atoms with van der Waals surface area (Å²) in [5.74, 6) is 4.29. The van der Waals surface area contributed by atoms with Gasteiger partial charge in [0, 0.05) is 0 Å². The molecule has 6 rings (SSSR count). The zero-order valence-electron chi connectivity index (χ0n) is 22.0. The van der Waals surface area contributed by atoms with Crippen LogP contribution in [0.15, 0.2) is 109 Å². The van der Waals surface area contributed by atoms with E-state index in [-0.39, 0.29) is 0 Å². The zero-order chi connectivity index (χ0) is 24.5. The summed E-state index contributed by atoms with van der Waals surface area (Å²) in [6, 6.07) is 23.8. The standard InChI is InChI=1S/C35H42Si/c1-3-4-15-27-25-35(33-23-14-12-21-31(27)33)36(28-16-7-5-8-17-28,29-18-9-6-10-19-29)34-24-26(2)30-20-11-13-22-32(30)34/h5-14,16-23,26-27,30-35H,3-4,15,24-25H2,1-2H3. The Bertz CT molecular complexity index is 1100. The Kier molecular flexibility index (Phi) is 6.78. The highest BCUT2D eigenvalue weighted by atomic mass is 28.3. The molecule has 0 bridgehead atoms. The molecule has 0 radical (unpaired) electrons. The molecule has 1 heteroatoms. The van der Waals surface area contributed by atoms with Crippen LogP contribution in [0.3, 0.4) is 0 Å². The zero-order valence-corrected chi connectivity index (χ0v) is 23.0. The molecule has 0 heterocycles. The second-order valence-corrected chi connectivity index (χ2v) is 16.4. The molecule has 0 aromatic heterocycles. The minimum Gasteiger partial charge on any atom is -0.0808 e. The maximum Gasteiger partial charge on any atom is 0.125 e. The molecule has 0 spiro atoms. The third-order valence-corrected chi connectivity index (χ3v) is 16.5. The summed E-state index contributed by atoms with van der Waals surface area (Å²) < 4.78 is 0. The van der Waals surface area contributed by atoms with Crippen molar-refractivity contribution >= 4 is 18.4 Å². The van der Waals surface area contributed by atoms with Crippen molar-refractivity contribution in [2.45, 2.75) is 57.0 Å². The van der Waals surface area contributed by atoms with Gasteiger partial charge in [0.25, 0.3) is 0 Å². The van der Waals surface area contributed by atoms with Gasteiger partial charge < -0.3 is 0 Å². The normalized spacial score (nSPS) is 34.6. The molecule has 2 fully saturated rings. The molecule has 36 heavy (non-hydrogen) atoms. The summed E-state index contributed by atoms with van der Waals surface area (Å²) in [6.45, 7) is 4.89. The lowest BCUT2D eigenvalue weighted by atomic mass is 9.84.